The molecule has 0 aliphatic heterocycles. The topological polar surface area (TPSA) is 46.4 Å². The summed E-state index contributed by atoms with van der Waals surface area (Å²) >= 11 is 2.19. The molecule has 0 aromatic carbocycles. The number of alkyl halides is 3. The highest BCUT2D eigenvalue weighted by Gasteiger charge is 2.35. The minimum absolute atomic E-state index is 0.131. The van der Waals surface area contributed by atoms with Crippen LogP contribution in [0.25, 0.3) is 4.83 Å². The molecule has 0 spiro atoms. The lowest BCUT2D eigenvalue weighted by Crippen LogP contribution is -2.10. The van der Waals surface area contributed by atoms with Crippen molar-refractivity contribution in [2.75, 3.05) is 5.32 Å². The maximum atomic E-state index is 12.8. The van der Waals surface area contributed by atoms with Gasteiger partial charge in [-0.25, -0.2) is 4.98 Å². The predicted molar refractivity (Wildman–Crippen MR) is 75.1 cm³/mol. The molecule has 3 aromatic rings. The molecule has 110 valence electrons. The van der Waals surface area contributed by atoms with Gasteiger partial charge in [0.15, 0.2) is 5.82 Å². The zero-order valence-electron chi connectivity index (χ0n) is 10.6. The van der Waals surface area contributed by atoms with E-state index in [1.54, 1.807) is 12.1 Å². The lowest BCUT2D eigenvalue weighted by Gasteiger charge is -2.03. The van der Waals surface area contributed by atoms with Crippen molar-refractivity contribution in [3.8, 4) is 0 Å². The Morgan fingerprint density at radius 2 is 2.14 bits per heavy atom. The second-order valence-corrected chi connectivity index (χ2v) is 6.40. The van der Waals surface area contributed by atoms with E-state index in [1.807, 2.05) is 6.92 Å². The molecular weight excluding hydrogens is 323 g/mol. The van der Waals surface area contributed by atoms with Crippen molar-refractivity contribution < 1.29 is 18.0 Å². The number of imidazole rings is 1. The van der Waals surface area contributed by atoms with E-state index < -0.39 is 11.9 Å². The van der Waals surface area contributed by atoms with Crippen molar-refractivity contribution in [1.82, 2.24) is 9.38 Å². The largest absolute Gasteiger partial charge is 0.432 e. The Balaban J connectivity index is 1.92. The number of halogens is 3. The first-order valence-corrected chi connectivity index (χ1v) is 7.45. The van der Waals surface area contributed by atoms with Crippen LogP contribution in [-0.4, -0.2) is 15.3 Å². The monoisotopic (exact) mass is 331 g/mol. The Morgan fingerprint density at radius 3 is 2.76 bits per heavy atom. The zero-order valence-corrected chi connectivity index (χ0v) is 12.2. The predicted octanol–water partition coefficient (Wildman–Crippen LogP) is 4.04. The maximum Gasteiger partial charge on any atom is 0.432 e. The Hall–Kier alpha value is -1.87. The minimum atomic E-state index is -4.45. The molecule has 21 heavy (non-hydrogen) atoms. The van der Waals surface area contributed by atoms with Gasteiger partial charge in [0.2, 0.25) is 0 Å². The van der Waals surface area contributed by atoms with E-state index >= 15 is 0 Å². The molecule has 0 saturated carbocycles. The summed E-state index contributed by atoms with van der Waals surface area (Å²) in [7, 11) is 0. The number of fused-ring (bicyclic) bond motifs is 1. The third-order valence-corrected chi connectivity index (χ3v) is 4.71. The van der Waals surface area contributed by atoms with Crippen LogP contribution in [0, 0.1) is 6.92 Å². The number of nitrogens with zero attached hydrogens (tertiary/aromatic N) is 2. The quantitative estimate of drug-likeness (QED) is 0.770. The van der Waals surface area contributed by atoms with Gasteiger partial charge in [-0.2, -0.15) is 13.2 Å². The van der Waals surface area contributed by atoms with E-state index in [0.29, 0.717) is 4.88 Å². The molecule has 0 saturated heterocycles. The summed E-state index contributed by atoms with van der Waals surface area (Å²) in [6, 6.07) is 3.47. The summed E-state index contributed by atoms with van der Waals surface area (Å²) in [6.45, 7) is 1.87. The van der Waals surface area contributed by atoms with Crippen LogP contribution in [0.4, 0.5) is 19.0 Å². The van der Waals surface area contributed by atoms with Gasteiger partial charge in [-0.15, -0.1) is 22.7 Å². The summed E-state index contributed by atoms with van der Waals surface area (Å²) in [5, 5.41) is 3.54. The van der Waals surface area contributed by atoms with Crippen LogP contribution in [-0.2, 0) is 6.18 Å². The van der Waals surface area contributed by atoms with E-state index in [2.05, 4.69) is 10.3 Å². The molecular formula is C12H8F3N3OS2. The van der Waals surface area contributed by atoms with Gasteiger partial charge in [0.1, 0.15) is 16.9 Å². The lowest BCUT2D eigenvalue weighted by molar-refractivity contribution is -0.141. The van der Waals surface area contributed by atoms with Crippen molar-refractivity contribution in [3.05, 3.63) is 39.3 Å². The Bertz CT molecular complexity index is 815. The Kier molecular flexibility index (Phi) is 3.25. The molecule has 0 radical (unpaired) electrons. The summed E-state index contributed by atoms with van der Waals surface area (Å²) < 4.78 is 39.2. The van der Waals surface area contributed by atoms with Gasteiger partial charge in [-0.3, -0.25) is 9.20 Å². The molecule has 3 aromatic heterocycles. The molecule has 1 N–H and O–H groups in total. The first-order valence-electron chi connectivity index (χ1n) is 5.76. The molecule has 1 amide bonds. The summed E-state index contributed by atoms with van der Waals surface area (Å²) in [6.07, 6.45) is -3.39. The molecule has 3 heterocycles. The number of carbonyl (C=O) groups excluding carboxylic acids is 1. The molecule has 0 bridgehead atoms. The van der Waals surface area contributed by atoms with E-state index in [9.17, 15) is 18.0 Å². The summed E-state index contributed by atoms with van der Waals surface area (Å²) in [4.78, 5) is 17.6. The van der Waals surface area contributed by atoms with E-state index in [1.165, 1.54) is 11.3 Å². The Labute approximate surface area is 124 Å². The highest BCUT2D eigenvalue weighted by Crippen LogP contribution is 2.35. The maximum absolute atomic E-state index is 12.8. The number of rotatable bonds is 2. The van der Waals surface area contributed by atoms with Gasteiger partial charge in [0.05, 0.1) is 4.88 Å². The standard InChI is InChI=1S/C12H8F3N3OS2/c1-6-2-3-7(21-6)10(19)17-9-11-18(5-16-9)8(4-20-11)12(13,14)15/h2-5H,1H3,(H,17,19). The van der Waals surface area contributed by atoms with E-state index in [-0.39, 0.29) is 16.6 Å². The van der Waals surface area contributed by atoms with Gasteiger partial charge in [0, 0.05) is 10.3 Å². The molecule has 9 heteroatoms. The van der Waals surface area contributed by atoms with Crippen LogP contribution in [0.15, 0.2) is 23.8 Å². The van der Waals surface area contributed by atoms with Crippen LogP contribution in [0.1, 0.15) is 20.2 Å². The number of hydrogen-bond acceptors (Lipinski definition) is 4. The number of amides is 1. The fraction of sp³-hybridized carbons (Fsp3) is 0.167. The summed E-state index contributed by atoms with van der Waals surface area (Å²) in [5.74, 6) is -0.248. The lowest BCUT2D eigenvalue weighted by atomic mass is 10.4. The SMILES string of the molecule is Cc1ccc(C(=O)Nc2ncn3c(C(F)(F)F)csc23)s1. The smallest absolute Gasteiger partial charge is 0.303 e. The fourth-order valence-corrected chi connectivity index (χ4v) is 3.51. The molecule has 0 unspecified atom stereocenters. The molecule has 0 aliphatic carbocycles. The Morgan fingerprint density at radius 1 is 1.38 bits per heavy atom. The minimum Gasteiger partial charge on any atom is -0.303 e. The number of nitrogens with one attached hydrogen (secondary N) is 1. The highest BCUT2D eigenvalue weighted by atomic mass is 32.1. The van der Waals surface area contributed by atoms with E-state index in [0.717, 1.165) is 32.3 Å². The first kappa shape index (κ1) is 14.1. The molecule has 3 rings (SSSR count). The van der Waals surface area contributed by atoms with Crippen LogP contribution >= 0.6 is 22.7 Å². The molecule has 0 fully saturated rings. The molecule has 4 nitrogen and oxygen atoms in total. The number of aromatic nitrogens is 2. The van der Waals surface area contributed by atoms with Crippen molar-refractivity contribution >= 4 is 39.2 Å². The number of thiazole rings is 1. The zero-order chi connectivity index (χ0) is 15.2. The van der Waals surface area contributed by atoms with Crippen molar-refractivity contribution in [2.24, 2.45) is 0 Å². The van der Waals surface area contributed by atoms with Crippen molar-refractivity contribution in [3.63, 3.8) is 0 Å². The number of thiophene rings is 1. The molecule has 0 atom stereocenters. The highest BCUT2D eigenvalue weighted by molar-refractivity contribution is 7.16. The van der Waals surface area contributed by atoms with E-state index in [4.69, 9.17) is 0 Å². The van der Waals surface area contributed by atoms with Crippen LogP contribution in [0.3, 0.4) is 0 Å². The van der Waals surface area contributed by atoms with Crippen molar-refractivity contribution in [2.45, 2.75) is 13.1 Å². The third-order valence-electron chi connectivity index (χ3n) is 2.75. The van der Waals surface area contributed by atoms with Crippen LogP contribution in [0.2, 0.25) is 0 Å². The van der Waals surface area contributed by atoms with Gasteiger partial charge in [-0.05, 0) is 19.1 Å². The van der Waals surface area contributed by atoms with Gasteiger partial charge in [-0.1, -0.05) is 0 Å². The number of aryl methyl sites for hydroxylation is 1. The summed E-state index contributed by atoms with van der Waals surface area (Å²) in [5.41, 5.74) is -0.803. The molecule has 0 aliphatic rings. The van der Waals surface area contributed by atoms with Gasteiger partial charge in [0.25, 0.3) is 5.91 Å². The number of carbonyl (C=O) groups is 1. The van der Waals surface area contributed by atoms with Gasteiger partial charge >= 0.3 is 6.18 Å². The average Bonchev–Trinajstić information content (AvgIpc) is 3.04. The third kappa shape index (κ3) is 2.54. The van der Waals surface area contributed by atoms with Crippen LogP contribution < -0.4 is 5.32 Å². The first-order chi connectivity index (χ1) is 9.86. The normalized spacial score (nSPS) is 12.0. The number of hydrogen-bond donors (Lipinski definition) is 1. The second kappa shape index (κ2) is 4.85. The average molecular weight is 331 g/mol. The van der Waals surface area contributed by atoms with Crippen LogP contribution in [0.5, 0.6) is 0 Å². The fourth-order valence-electron chi connectivity index (χ4n) is 1.80. The van der Waals surface area contributed by atoms with Gasteiger partial charge < -0.3 is 5.32 Å². The second-order valence-electron chi connectivity index (χ2n) is 4.25. The number of anilines is 1. The van der Waals surface area contributed by atoms with Crippen molar-refractivity contribution in [1.29, 1.82) is 0 Å².